The number of aromatic nitrogens is 2. The molecule has 2 amide bonds. The molecule has 0 spiro atoms. The van der Waals surface area contributed by atoms with Crippen LogP contribution in [0.2, 0.25) is 10.2 Å². The maximum atomic E-state index is 14.7. The second-order valence-corrected chi connectivity index (χ2v) is 10.7. The number of fused-ring (bicyclic) bond motifs is 1. The number of ether oxygens (including phenoxy) is 1. The molecule has 1 aromatic carbocycles. The summed E-state index contributed by atoms with van der Waals surface area (Å²) in [6, 6.07) is 5.88. The third-order valence-electron chi connectivity index (χ3n) is 7.06. The van der Waals surface area contributed by atoms with Crippen molar-refractivity contribution < 1.29 is 41.8 Å². The number of alkyl halides is 3. The first-order chi connectivity index (χ1) is 20.8. The molecular formula is C27H27Cl2F4N5O6. The van der Waals surface area contributed by atoms with Crippen LogP contribution in [0.15, 0.2) is 35.3 Å². The summed E-state index contributed by atoms with van der Waals surface area (Å²) in [5.41, 5.74) is 1.26. The van der Waals surface area contributed by atoms with Crippen LogP contribution in [0.4, 0.5) is 17.6 Å². The lowest BCUT2D eigenvalue weighted by Crippen LogP contribution is -2.52. The third kappa shape index (κ3) is 7.88. The highest BCUT2D eigenvalue weighted by Gasteiger charge is 2.38. The number of amides is 2. The van der Waals surface area contributed by atoms with Crippen LogP contribution in [0.5, 0.6) is 0 Å². The van der Waals surface area contributed by atoms with Crippen LogP contribution < -0.4 is 5.56 Å². The Balaban J connectivity index is 0.000000566. The number of carboxylic acid groups (broad SMARTS) is 1. The number of nitrogens with zero attached hydrogens (tertiary/aromatic N) is 4. The number of benzene rings is 1. The number of aromatic amines is 1. The van der Waals surface area contributed by atoms with E-state index < -0.39 is 23.9 Å². The molecule has 0 atom stereocenters. The van der Waals surface area contributed by atoms with Crippen molar-refractivity contribution in [2.45, 2.75) is 12.6 Å². The van der Waals surface area contributed by atoms with Crippen molar-refractivity contribution in [2.24, 2.45) is 0 Å². The number of nitrogens with one attached hydrogen (secondary N) is 1. The Labute approximate surface area is 257 Å². The molecule has 4 heterocycles. The van der Waals surface area contributed by atoms with Crippen molar-refractivity contribution in [1.82, 2.24) is 24.1 Å². The maximum absolute atomic E-state index is 14.7. The molecule has 2 saturated heterocycles. The number of halogens is 6. The lowest BCUT2D eigenvalue weighted by molar-refractivity contribution is -0.192. The molecule has 2 aliphatic rings. The lowest BCUT2D eigenvalue weighted by atomic mass is 10.0. The quantitative estimate of drug-likeness (QED) is 0.402. The molecule has 238 valence electrons. The van der Waals surface area contributed by atoms with Crippen molar-refractivity contribution in [3.05, 3.63) is 73.6 Å². The number of H-pyrrole nitrogens is 1. The van der Waals surface area contributed by atoms with Crippen LogP contribution in [-0.4, -0.2) is 112 Å². The highest BCUT2D eigenvalue weighted by molar-refractivity contribution is 6.42. The van der Waals surface area contributed by atoms with Gasteiger partial charge < -0.3 is 24.6 Å². The minimum Gasteiger partial charge on any atom is -0.475 e. The number of aliphatic carboxylic acids is 1. The summed E-state index contributed by atoms with van der Waals surface area (Å²) < 4.78 is 53.3. The molecule has 44 heavy (non-hydrogen) atoms. The first-order valence-corrected chi connectivity index (χ1v) is 14.0. The molecule has 0 bridgehead atoms. The van der Waals surface area contributed by atoms with E-state index in [0.717, 1.165) is 0 Å². The van der Waals surface area contributed by atoms with Gasteiger partial charge in [-0.1, -0.05) is 29.3 Å². The van der Waals surface area contributed by atoms with Gasteiger partial charge in [-0.2, -0.15) is 13.2 Å². The Morgan fingerprint density at radius 1 is 0.977 bits per heavy atom. The molecule has 0 radical (unpaired) electrons. The molecule has 5 rings (SSSR count). The van der Waals surface area contributed by atoms with Crippen LogP contribution in [0.25, 0.3) is 5.52 Å². The molecule has 2 aromatic heterocycles. The van der Waals surface area contributed by atoms with Crippen LogP contribution in [0, 0.1) is 5.82 Å². The van der Waals surface area contributed by atoms with E-state index in [1.807, 2.05) is 4.90 Å². The van der Waals surface area contributed by atoms with E-state index in [9.17, 15) is 31.9 Å². The fourth-order valence-electron chi connectivity index (χ4n) is 4.76. The van der Waals surface area contributed by atoms with Gasteiger partial charge in [0.15, 0.2) is 0 Å². The SMILES string of the molecule is O=C(CN1CCN(C(=O)c2cc(Cc3c[nH]c(=O)c4cc(Cl)c(Cl)n34)ccc2F)CC1)N1CCOCC1.O=C(O)C(F)(F)F. The van der Waals surface area contributed by atoms with Gasteiger partial charge in [0.25, 0.3) is 11.5 Å². The van der Waals surface area contributed by atoms with Crippen molar-refractivity contribution in [1.29, 1.82) is 0 Å². The normalized spacial score (nSPS) is 16.0. The molecule has 2 aliphatic heterocycles. The number of carbonyl (C=O) groups is 3. The highest BCUT2D eigenvalue weighted by Crippen LogP contribution is 2.27. The Hall–Kier alpha value is -3.66. The summed E-state index contributed by atoms with van der Waals surface area (Å²) in [5.74, 6) is -3.70. The molecule has 2 N–H and O–H groups in total. The number of carboxylic acids is 1. The number of piperazine rings is 1. The van der Waals surface area contributed by atoms with Crippen LogP contribution >= 0.6 is 23.2 Å². The summed E-state index contributed by atoms with van der Waals surface area (Å²) in [4.78, 5) is 54.9. The predicted octanol–water partition coefficient (Wildman–Crippen LogP) is 2.91. The van der Waals surface area contributed by atoms with Gasteiger partial charge in [-0.15, -0.1) is 0 Å². The summed E-state index contributed by atoms with van der Waals surface area (Å²) in [6.07, 6.45) is -3.27. The Morgan fingerprint density at radius 3 is 2.23 bits per heavy atom. The van der Waals surface area contributed by atoms with Crippen LogP contribution in [-0.2, 0) is 20.7 Å². The lowest BCUT2D eigenvalue weighted by Gasteiger charge is -2.36. The minimum absolute atomic E-state index is 0.0207. The van der Waals surface area contributed by atoms with E-state index in [1.54, 1.807) is 20.3 Å². The first kappa shape index (κ1) is 33.2. The molecule has 11 nitrogen and oxygen atoms in total. The number of carbonyl (C=O) groups excluding carboxylic acids is 2. The van der Waals surface area contributed by atoms with Gasteiger partial charge in [0.2, 0.25) is 5.91 Å². The molecule has 17 heteroatoms. The van der Waals surface area contributed by atoms with Gasteiger partial charge in [0.1, 0.15) is 16.5 Å². The zero-order chi connectivity index (χ0) is 32.2. The Morgan fingerprint density at radius 2 is 1.61 bits per heavy atom. The summed E-state index contributed by atoms with van der Waals surface area (Å²) in [6.45, 7) is 4.47. The summed E-state index contributed by atoms with van der Waals surface area (Å²) in [7, 11) is 0. The second-order valence-electron chi connectivity index (χ2n) is 9.97. The molecular weight excluding hydrogens is 637 g/mol. The Bertz CT molecular complexity index is 1600. The number of morpholine rings is 1. The van der Waals surface area contributed by atoms with Crippen LogP contribution in [0.3, 0.4) is 0 Å². The summed E-state index contributed by atoms with van der Waals surface area (Å²) in [5, 5.41) is 7.58. The van der Waals surface area contributed by atoms with Crippen molar-refractivity contribution in [2.75, 3.05) is 59.0 Å². The topological polar surface area (TPSA) is 128 Å². The highest BCUT2D eigenvalue weighted by atomic mass is 35.5. The van der Waals surface area contributed by atoms with E-state index >= 15 is 0 Å². The number of hydrogen-bond acceptors (Lipinski definition) is 6. The van der Waals surface area contributed by atoms with E-state index in [4.69, 9.17) is 37.8 Å². The average molecular weight is 664 g/mol. The van der Waals surface area contributed by atoms with Gasteiger partial charge in [-0.05, 0) is 23.8 Å². The van der Waals surface area contributed by atoms with Crippen LogP contribution in [0.1, 0.15) is 21.6 Å². The predicted molar refractivity (Wildman–Crippen MR) is 151 cm³/mol. The molecule has 0 aliphatic carbocycles. The van der Waals surface area contributed by atoms with Crippen molar-refractivity contribution >= 4 is 46.5 Å². The van der Waals surface area contributed by atoms with Crippen molar-refractivity contribution in [3.8, 4) is 0 Å². The summed E-state index contributed by atoms with van der Waals surface area (Å²) >= 11 is 12.4. The number of hydrogen-bond donors (Lipinski definition) is 2. The van der Waals surface area contributed by atoms with E-state index in [0.29, 0.717) is 75.8 Å². The molecule has 0 saturated carbocycles. The monoisotopic (exact) mass is 663 g/mol. The van der Waals surface area contributed by atoms with Gasteiger partial charge in [0, 0.05) is 57.6 Å². The van der Waals surface area contributed by atoms with Crippen molar-refractivity contribution in [3.63, 3.8) is 0 Å². The fraction of sp³-hybridized carbons (Fsp3) is 0.407. The Kier molecular flexibility index (Phi) is 10.6. The van der Waals surface area contributed by atoms with Gasteiger partial charge >= 0.3 is 12.1 Å². The minimum atomic E-state index is -5.08. The molecule has 0 unspecified atom stereocenters. The standard InChI is InChI=1S/C25H26Cl2FN5O4.C2HF3O2/c26-19-13-21-24(35)29-14-17(33(21)23(19)27)11-16-1-2-20(28)18(12-16)25(36)32-5-3-30(4-6-32)15-22(34)31-7-9-37-10-8-31;3-2(4,5)1(6)7/h1-2,12-14H,3-11,15H2,(H,29,35);(H,6,7). The maximum Gasteiger partial charge on any atom is 0.490 e. The first-order valence-electron chi connectivity index (χ1n) is 13.3. The molecule has 3 aromatic rings. The van der Waals surface area contributed by atoms with E-state index in [-0.39, 0.29) is 33.6 Å². The molecule has 2 fully saturated rings. The van der Waals surface area contributed by atoms with E-state index in [1.165, 1.54) is 24.4 Å². The largest absolute Gasteiger partial charge is 0.490 e. The smallest absolute Gasteiger partial charge is 0.475 e. The van der Waals surface area contributed by atoms with Gasteiger partial charge in [-0.3, -0.25) is 23.7 Å². The number of rotatable bonds is 5. The zero-order valence-electron chi connectivity index (χ0n) is 23.0. The van der Waals surface area contributed by atoms with E-state index in [2.05, 4.69) is 4.98 Å². The zero-order valence-corrected chi connectivity index (χ0v) is 24.5. The average Bonchev–Trinajstić information content (AvgIpc) is 3.30. The fourth-order valence-corrected chi connectivity index (χ4v) is 5.20. The third-order valence-corrected chi connectivity index (χ3v) is 7.82. The van der Waals surface area contributed by atoms with Gasteiger partial charge in [0.05, 0.1) is 30.3 Å². The van der Waals surface area contributed by atoms with Gasteiger partial charge in [-0.25, -0.2) is 9.18 Å². The second kappa shape index (κ2) is 14.0.